The smallest absolute Gasteiger partial charge is 0.340 e. The largest absolute Gasteiger partial charge is 0.452 e. The summed E-state index contributed by atoms with van der Waals surface area (Å²) in [4.78, 5) is 28.7. The van der Waals surface area contributed by atoms with E-state index in [1.807, 2.05) is 65.4 Å². The lowest BCUT2D eigenvalue weighted by molar-refractivity contribution is -0.141. The Kier molecular flexibility index (Phi) is 5.18. The number of carbonyl (C=O) groups is 2. The highest BCUT2D eigenvalue weighted by molar-refractivity contribution is 7.12. The molecule has 1 aromatic carbocycles. The fourth-order valence-corrected chi connectivity index (χ4v) is 4.45. The second-order valence-electron chi connectivity index (χ2n) is 6.05. The van der Waals surface area contributed by atoms with Gasteiger partial charge >= 0.3 is 5.97 Å². The van der Waals surface area contributed by atoms with Crippen molar-refractivity contribution in [1.82, 2.24) is 0 Å². The van der Waals surface area contributed by atoms with E-state index in [1.165, 1.54) is 11.3 Å². The Bertz CT molecular complexity index is 975. The van der Waals surface area contributed by atoms with E-state index < -0.39 is 5.97 Å². The Morgan fingerprint density at radius 2 is 1.85 bits per heavy atom. The van der Waals surface area contributed by atoms with Crippen molar-refractivity contribution in [2.45, 2.75) is 6.42 Å². The summed E-state index contributed by atoms with van der Waals surface area (Å²) in [5.74, 6) is -0.679. The number of benzene rings is 1. The van der Waals surface area contributed by atoms with Crippen LogP contribution >= 0.6 is 22.7 Å². The van der Waals surface area contributed by atoms with Crippen LogP contribution in [-0.4, -0.2) is 25.0 Å². The normalized spacial score (nSPS) is 13.5. The topological polar surface area (TPSA) is 46.6 Å². The number of thiophene rings is 2. The van der Waals surface area contributed by atoms with Crippen molar-refractivity contribution in [2.75, 3.05) is 18.1 Å². The Labute approximate surface area is 165 Å². The summed E-state index contributed by atoms with van der Waals surface area (Å²) in [5, 5.41) is 3.87. The van der Waals surface area contributed by atoms with E-state index in [1.54, 1.807) is 16.2 Å². The first-order chi connectivity index (χ1) is 13.2. The van der Waals surface area contributed by atoms with Gasteiger partial charge < -0.3 is 9.64 Å². The maximum absolute atomic E-state index is 12.7. The van der Waals surface area contributed by atoms with Crippen molar-refractivity contribution in [2.24, 2.45) is 0 Å². The molecule has 1 aliphatic rings. The van der Waals surface area contributed by atoms with Gasteiger partial charge in [0.25, 0.3) is 5.91 Å². The third-order valence-corrected chi connectivity index (χ3v) is 6.07. The molecular weight excluding hydrogens is 378 g/mol. The Balaban J connectivity index is 1.47. The van der Waals surface area contributed by atoms with Crippen LogP contribution in [0.1, 0.15) is 15.3 Å². The Morgan fingerprint density at radius 1 is 1.04 bits per heavy atom. The zero-order chi connectivity index (χ0) is 18.6. The molecule has 27 heavy (non-hydrogen) atoms. The number of carbonyl (C=O) groups excluding carboxylic acids is 2. The van der Waals surface area contributed by atoms with E-state index in [0.29, 0.717) is 12.1 Å². The first-order valence-electron chi connectivity index (χ1n) is 8.57. The minimum absolute atomic E-state index is 0.199. The molecule has 3 heterocycles. The van der Waals surface area contributed by atoms with Crippen molar-refractivity contribution >= 4 is 51.9 Å². The molecule has 0 bridgehead atoms. The number of nitrogens with zero attached hydrogens (tertiary/aromatic N) is 1. The lowest BCUT2D eigenvalue weighted by Crippen LogP contribution is -2.33. The number of ether oxygens (including phenoxy) is 1. The highest BCUT2D eigenvalue weighted by atomic mass is 32.1. The van der Waals surface area contributed by atoms with Gasteiger partial charge in [0.15, 0.2) is 6.61 Å². The predicted molar refractivity (Wildman–Crippen MR) is 110 cm³/mol. The van der Waals surface area contributed by atoms with Gasteiger partial charge in [-0.15, -0.1) is 22.7 Å². The van der Waals surface area contributed by atoms with E-state index in [2.05, 4.69) is 0 Å². The standard InChI is InChI=1S/C21H17NO3S2/c23-20(22-10-9-15-5-1-2-7-18(15)22)14-25-21(24)17(19-8-4-12-27-19)13-16-6-3-11-26-16/h1-8,11-13H,9-10,14H2/b17-13+. The third-order valence-electron chi connectivity index (χ3n) is 4.35. The zero-order valence-electron chi connectivity index (χ0n) is 14.5. The number of hydrogen-bond donors (Lipinski definition) is 0. The molecular formula is C21H17NO3S2. The molecule has 136 valence electrons. The minimum atomic E-state index is -0.480. The van der Waals surface area contributed by atoms with Crippen molar-refractivity contribution in [3.8, 4) is 0 Å². The second-order valence-corrected chi connectivity index (χ2v) is 7.98. The van der Waals surface area contributed by atoms with Gasteiger partial charge in [-0.2, -0.15) is 0 Å². The number of rotatable bonds is 5. The summed E-state index contributed by atoms with van der Waals surface area (Å²) in [6.07, 6.45) is 2.64. The molecule has 0 N–H and O–H groups in total. The molecule has 1 amide bonds. The number of anilines is 1. The quantitative estimate of drug-likeness (QED) is 0.473. The number of para-hydroxylation sites is 1. The summed E-state index contributed by atoms with van der Waals surface area (Å²) in [6.45, 7) is 0.360. The first kappa shape index (κ1) is 17.7. The van der Waals surface area contributed by atoms with Crippen LogP contribution in [-0.2, 0) is 20.7 Å². The van der Waals surface area contributed by atoms with Crippen LogP contribution < -0.4 is 4.90 Å². The maximum Gasteiger partial charge on any atom is 0.340 e. The fourth-order valence-electron chi connectivity index (χ4n) is 3.06. The summed E-state index contributed by atoms with van der Waals surface area (Å²) in [5.41, 5.74) is 2.53. The first-order valence-corrected chi connectivity index (χ1v) is 10.3. The second kappa shape index (κ2) is 7.90. The predicted octanol–water partition coefficient (Wildman–Crippen LogP) is 4.48. The molecule has 0 saturated heterocycles. The van der Waals surface area contributed by atoms with E-state index in [4.69, 9.17) is 4.74 Å². The van der Waals surface area contributed by atoms with E-state index in [-0.39, 0.29) is 12.5 Å². The molecule has 0 radical (unpaired) electrons. The molecule has 0 aliphatic carbocycles. The number of esters is 1. The summed E-state index contributed by atoms with van der Waals surface area (Å²) in [6, 6.07) is 15.5. The third kappa shape index (κ3) is 3.86. The maximum atomic E-state index is 12.7. The van der Waals surface area contributed by atoms with Gasteiger partial charge in [0, 0.05) is 22.0 Å². The van der Waals surface area contributed by atoms with Crippen LogP contribution in [0.5, 0.6) is 0 Å². The van der Waals surface area contributed by atoms with Crippen LogP contribution in [0.3, 0.4) is 0 Å². The molecule has 3 aromatic rings. The van der Waals surface area contributed by atoms with E-state index >= 15 is 0 Å². The van der Waals surface area contributed by atoms with Crippen molar-refractivity contribution in [3.05, 3.63) is 74.6 Å². The van der Waals surface area contributed by atoms with Gasteiger partial charge in [-0.3, -0.25) is 4.79 Å². The Morgan fingerprint density at radius 3 is 2.63 bits per heavy atom. The average Bonchev–Trinajstić information content (AvgIpc) is 3.45. The van der Waals surface area contributed by atoms with Crippen LogP contribution in [0, 0.1) is 0 Å². The summed E-state index contributed by atoms with van der Waals surface area (Å²) < 4.78 is 5.38. The zero-order valence-corrected chi connectivity index (χ0v) is 16.1. The molecule has 0 saturated carbocycles. The molecule has 0 atom stereocenters. The van der Waals surface area contributed by atoms with Crippen molar-refractivity contribution < 1.29 is 14.3 Å². The number of amides is 1. The molecule has 1 aliphatic heterocycles. The molecule has 0 fully saturated rings. The van der Waals surface area contributed by atoms with Crippen LogP contribution in [0.2, 0.25) is 0 Å². The highest BCUT2D eigenvalue weighted by Gasteiger charge is 2.25. The lowest BCUT2D eigenvalue weighted by Gasteiger charge is -2.17. The van der Waals surface area contributed by atoms with Crippen molar-refractivity contribution in [3.63, 3.8) is 0 Å². The van der Waals surface area contributed by atoms with E-state index in [0.717, 1.165) is 27.4 Å². The SMILES string of the molecule is O=C(OCC(=O)N1CCc2ccccc21)/C(=C/c1cccs1)c1cccs1. The molecule has 4 nitrogen and oxygen atoms in total. The van der Waals surface area contributed by atoms with Gasteiger partial charge in [0.1, 0.15) is 0 Å². The summed E-state index contributed by atoms with van der Waals surface area (Å²) in [7, 11) is 0. The highest BCUT2D eigenvalue weighted by Crippen LogP contribution is 2.28. The van der Waals surface area contributed by atoms with Crippen LogP contribution in [0.15, 0.2) is 59.3 Å². The molecule has 2 aromatic heterocycles. The molecule has 4 rings (SSSR count). The van der Waals surface area contributed by atoms with Gasteiger partial charge in [-0.25, -0.2) is 4.79 Å². The monoisotopic (exact) mass is 395 g/mol. The van der Waals surface area contributed by atoms with E-state index in [9.17, 15) is 9.59 Å². The summed E-state index contributed by atoms with van der Waals surface area (Å²) >= 11 is 3.02. The average molecular weight is 396 g/mol. The van der Waals surface area contributed by atoms with Gasteiger partial charge in [0.2, 0.25) is 0 Å². The van der Waals surface area contributed by atoms with Crippen LogP contribution in [0.4, 0.5) is 5.69 Å². The number of hydrogen-bond acceptors (Lipinski definition) is 5. The van der Waals surface area contributed by atoms with Crippen LogP contribution in [0.25, 0.3) is 11.6 Å². The minimum Gasteiger partial charge on any atom is -0.452 e. The molecule has 0 spiro atoms. The Hall–Kier alpha value is -2.70. The fraction of sp³-hybridized carbons (Fsp3) is 0.143. The number of fused-ring (bicyclic) bond motifs is 1. The van der Waals surface area contributed by atoms with Gasteiger partial charge in [-0.1, -0.05) is 30.3 Å². The molecule has 0 unspecified atom stereocenters. The van der Waals surface area contributed by atoms with Crippen molar-refractivity contribution in [1.29, 1.82) is 0 Å². The lowest BCUT2D eigenvalue weighted by atomic mass is 10.2. The molecule has 6 heteroatoms. The van der Waals surface area contributed by atoms with Gasteiger partial charge in [0.05, 0.1) is 5.57 Å². The van der Waals surface area contributed by atoms with Gasteiger partial charge in [-0.05, 0) is 47.0 Å².